The zero-order valence-corrected chi connectivity index (χ0v) is 10.7. The van der Waals surface area contributed by atoms with Crippen molar-refractivity contribution in [1.82, 2.24) is 0 Å². The molecule has 0 saturated heterocycles. The molecule has 0 heterocycles. The minimum atomic E-state index is 0.0824. The largest absolute Gasteiger partial charge is 0.325 e. The lowest BCUT2D eigenvalue weighted by atomic mass is 9.54. The molecule has 0 aromatic carbocycles. The molecular weight excluding hydrogens is 182 g/mol. The quantitative estimate of drug-likeness (QED) is 0.644. The van der Waals surface area contributed by atoms with Gasteiger partial charge >= 0.3 is 0 Å². The molecule has 15 heavy (non-hydrogen) atoms. The Morgan fingerprint density at radius 3 is 1.93 bits per heavy atom. The highest BCUT2D eigenvalue weighted by atomic mass is 14.8. The molecule has 2 saturated carbocycles. The third-order valence-corrected chi connectivity index (χ3v) is 4.43. The maximum Gasteiger partial charge on any atom is 0.0136 e. The van der Waals surface area contributed by atoms with Gasteiger partial charge in [0.2, 0.25) is 0 Å². The van der Waals surface area contributed by atoms with Crippen LogP contribution in [0.4, 0.5) is 0 Å². The maximum absolute atomic E-state index is 6.46. The Morgan fingerprint density at radius 2 is 1.40 bits per heavy atom. The van der Waals surface area contributed by atoms with Gasteiger partial charge in [0.05, 0.1) is 0 Å². The lowest BCUT2D eigenvalue weighted by Gasteiger charge is -2.53. The van der Waals surface area contributed by atoms with E-state index >= 15 is 0 Å². The van der Waals surface area contributed by atoms with Crippen LogP contribution >= 0.6 is 0 Å². The van der Waals surface area contributed by atoms with E-state index in [2.05, 4.69) is 20.8 Å². The SMILES string of the molecule is CC1(C)CC(C)(N)CC2(CCCCC2)C1. The number of hydrogen-bond donors (Lipinski definition) is 1. The minimum absolute atomic E-state index is 0.0824. The highest BCUT2D eigenvalue weighted by molar-refractivity contribution is 5.02. The predicted octanol–water partition coefficient (Wildman–Crippen LogP) is 3.86. The molecule has 2 rings (SSSR count). The van der Waals surface area contributed by atoms with Crippen molar-refractivity contribution in [1.29, 1.82) is 0 Å². The van der Waals surface area contributed by atoms with Crippen LogP contribution in [0.2, 0.25) is 0 Å². The number of nitrogens with two attached hydrogens (primary N) is 1. The Labute approximate surface area is 94.8 Å². The lowest BCUT2D eigenvalue weighted by molar-refractivity contribution is 0.00434. The average molecular weight is 209 g/mol. The topological polar surface area (TPSA) is 26.0 Å². The van der Waals surface area contributed by atoms with Crippen LogP contribution in [0.25, 0.3) is 0 Å². The van der Waals surface area contributed by atoms with Gasteiger partial charge in [0.15, 0.2) is 0 Å². The Balaban J connectivity index is 2.18. The molecule has 0 aliphatic heterocycles. The first kappa shape index (κ1) is 11.4. The zero-order chi connectivity index (χ0) is 11.2. The van der Waals surface area contributed by atoms with Crippen LogP contribution in [0.3, 0.4) is 0 Å². The van der Waals surface area contributed by atoms with Gasteiger partial charge in [0.25, 0.3) is 0 Å². The van der Waals surface area contributed by atoms with Crippen LogP contribution in [0.1, 0.15) is 72.1 Å². The van der Waals surface area contributed by atoms with Gasteiger partial charge in [-0.25, -0.2) is 0 Å². The standard InChI is InChI=1S/C14H27N/c1-12(2)9-13(3,15)11-14(10-12)7-5-4-6-8-14/h4-11,15H2,1-3H3. The van der Waals surface area contributed by atoms with Crippen molar-refractivity contribution in [3.8, 4) is 0 Å². The second kappa shape index (κ2) is 3.48. The molecular formula is C14H27N. The molecule has 0 aromatic heterocycles. The molecule has 1 unspecified atom stereocenters. The normalized spacial score (nSPS) is 39.2. The zero-order valence-electron chi connectivity index (χ0n) is 10.7. The molecule has 2 aliphatic carbocycles. The van der Waals surface area contributed by atoms with E-state index in [1.54, 1.807) is 0 Å². The van der Waals surface area contributed by atoms with Gasteiger partial charge in [0.1, 0.15) is 0 Å². The molecule has 0 aromatic rings. The van der Waals surface area contributed by atoms with Gasteiger partial charge in [-0.3, -0.25) is 0 Å². The Hall–Kier alpha value is -0.0400. The molecule has 0 radical (unpaired) electrons. The third-order valence-electron chi connectivity index (χ3n) is 4.43. The van der Waals surface area contributed by atoms with E-state index in [0.29, 0.717) is 10.8 Å². The van der Waals surface area contributed by atoms with Crippen LogP contribution in [0, 0.1) is 10.8 Å². The maximum atomic E-state index is 6.46. The van der Waals surface area contributed by atoms with Crippen molar-refractivity contribution in [2.45, 2.75) is 77.7 Å². The molecule has 2 N–H and O–H groups in total. The van der Waals surface area contributed by atoms with Crippen LogP contribution in [-0.4, -0.2) is 5.54 Å². The van der Waals surface area contributed by atoms with E-state index in [1.165, 1.54) is 51.4 Å². The molecule has 2 fully saturated rings. The lowest BCUT2D eigenvalue weighted by Crippen LogP contribution is -2.52. The fourth-order valence-corrected chi connectivity index (χ4v) is 4.81. The molecule has 2 aliphatic rings. The number of rotatable bonds is 0. The second-order valence-corrected chi connectivity index (χ2v) is 7.41. The van der Waals surface area contributed by atoms with Crippen molar-refractivity contribution >= 4 is 0 Å². The van der Waals surface area contributed by atoms with Gasteiger partial charge in [-0.1, -0.05) is 33.1 Å². The molecule has 1 heteroatoms. The van der Waals surface area contributed by atoms with Gasteiger partial charge in [-0.15, -0.1) is 0 Å². The third kappa shape index (κ3) is 2.55. The summed E-state index contributed by atoms with van der Waals surface area (Å²) in [6.45, 7) is 7.09. The summed E-state index contributed by atoms with van der Waals surface area (Å²) in [5.74, 6) is 0. The van der Waals surface area contributed by atoms with Crippen LogP contribution < -0.4 is 5.73 Å². The summed E-state index contributed by atoms with van der Waals surface area (Å²) in [7, 11) is 0. The van der Waals surface area contributed by atoms with Crippen molar-refractivity contribution in [2.24, 2.45) is 16.6 Å². The molecule has 0 amide bonds. The summed E-state index contributed by atoms with van der Waals surface area (Å²) in [6, 6.07) is 0. The van der Waals surface area contributed by atoms with Gasteiger partial charge in [0, 0.05) is 5.54 Å². The van der Waals surface area contributed by atoms with Crippen molar-refractivity contribution in [3.63, 3.8) is 0 Å². The average Bonchev–Trinajstić information content (AvgIpc) is 1.97. The smallest absolute Gasteiger partial charge is 0.0136 e. The summed E-state index contributed by atoms with van der Waals surface area (Å²) in [6.07, 6.45) is 11.1. The van der Waals surface area contributed by atoms with Crippen molar-refractivity contribution in [3.05, 3.63) is 0 Å². The Morgan fingerprint density at radius 1 is 0.800 bits per heavy atom. The monoisotopic (exact) mass is 209 g/mol. The summed E-state index contributed by atoms with van der Waals surface area (Å²) in [5, 5.41) is 0. The predicted molar refractivity (Wildman–Crippen MR) is 65.7 cm³/mol. The van der Waals surface area contributed by atoms with E-state index in [9.17, 15) is 0 Å². The van der Waals surface area contributed by atoms with Gasteiger partial charge < -0.3 is 5.73 Å². The van der Waals surface area contributed by atoms with Gasteiger partial charge in [-0.2, -0.15) is 0 Å². The summed E-state index contributed by atoms with van der Waals surface area (Å²) >= 11 is 0. The van der Waals surface area contributed by atoms with Gasteiger partial charge in [-0.05, 0) is 49.9 Å². The first-order valence-electron chi connectivity index (χ1n) is 6.62. The van der Waals surface area contributed by atoms with Crippen molar-refractivity contribution in [2.75, 3.05) is 0 Å². The Bertz CT molecular complexity index is 216. The summed E-state index contributed by atoms with van der Waals surface area (Å²) < 4.78 is 0. The highest BCUT2D eigenvalue weighted by Crippen LogP contribution is 2.55. The van der Waals surface area contributed by atoms with Crippen LogP contribution in [0.5, 0.6) is 0 Å². The summed E-state index contributed by atoms with van der Waals surface area (Å²) in [4.78, 5) is 0. The minimum Gasteiger partial charge on any atom is -0.325 e. The van der Waals surface area contributed by atoms with E-state index < -0.39 is 0 Å². The number of hydrogen-bond acceptors (Lipinski definition) is 1. The van der Waals surface area contributed by atoms with E-state index in [0.717, 1.165) is 0 Å². The van der Waals surface area contributed by atoms with E-state index in [-0.39, 0.29) is 5.54 Å². The van der Waals surface area contributed by atoms with E-state index in [4.69, 9.17) is 5.73 Å². The first-order chi connectivity index (χ1) is 6.83. The molecule has 0 bridgehead atoms. The first-order valence-corrected chi connectivity index (χ1v) is 6.62. The van der Waals surface area contributed by atoms with Crippen LogP contribution in [-0.2, 0) is 0 Å². The molecule has 1 spiro atoms. The molecule has 1 atom stereocenters. The highest BCUT2D eigenvalue weighted by Gasteiger charge is 2.47. The molecule has 88 valence electrons. The summed E-state index contributed by atoms with van der Waals surface area (Å²) in [5.41, 5.74) is 7.60. The fourth-order valence-electron chi connectivity index (χ4n) is 4.81. The van der Waals surface area contributed by atoms with Crippen molar-refractivity contribution < 1.29 is 0 Å². The Kier molecular flexibility index (Phi) is 2.65. The van der Waals surface area contributed by atoms with Crippen LogP contribution in [0.15, 0.2) is 0 Å². The second-order valence-electron chi connectivity index (χ2n) is 7.41. The fraction of sp³-hybridized carbons (Fsp3) is 1.00. The molecule has 1 nitrogen and oxygen atoms in total. The van der Waals surface area contributed by atoms with E-state index in [1.807, 2.05) is 0 Å².